The van der Waals surface area contributed by atoms with Crippen molar-refractivity contribution in [1.82, 2.24) is 9.62 Å². The Morgan fingerprint density at radius 1 is 1.10 bits per heavy atom. The van der Waals surface area contributed by atoms with Gasteiger partial charge in [0.05, 0.1) is 35.8 Å². The number of amides is 1. The van der Waals surface area contributed by atoms with Crippen LogP contribution in [0.3, 0.4) is 0 Å². The normalized spacial score (nSPS) is 15.1. The SMILES string of the molecule is O=C(CNC(=O)c1cc(S(=O)(=O)N2CCOCC2)ccc1F)c1ccccc1O. The highest BCUT2D eigenvalue weighted by Crippen LogP contribution is 2.20. The van der Waals surface area contributed by atoms with Crippen molar-refractivity contribution in [3.63, 3.8) is 0 Å². The molecule has 0 unspecified atom stereocenters. The second-order valence-electron chi connectivity index (χ2n) is 6.28. The number of aromatic hydroxyl groups is 1. The van der Waals surface area contributed by atoms with Gasteiger partial charge in [-0.1, -0.05) is 12.1 Å². The van der Waals surface area contributed by atoms with Crippen molar-refractivity contribution < 1.29 is 32.2 Å². The van der Waals surface area contributed by atoms with Gasteiger partial charge in [0.2, 0.25) is 10.0 Å². The molecule has 0 saturated carbocycles. The second kappa shape index (κ2) is 8.68. The number of morpholine rings is 1. The number of nitrogens with one attached hydrogen (secondary N) is 1. The molecule has 1 aliphatic heterocycles. The first-order chi connectivity index (χ1) is 13.8. The van der Waals surface area contributed by atoms with Gasteiger partial charge in [-0.25, -0.2) is 12.8 Å². The number of para-hydroxylation sites is 1. The van der Waals surface area contributed by atoms with Gasteiger partial charge in [0, 0.05) is 13.1 Å². The van der Waals surface area contributed by atoms with Gasteiger partial charge in [0.1, 0.15) is 11.6 Å². The van der Waals surface area contributed by atoms with Crippen molar-refractivity contribution in [1.29, 1.82) is 0 Å². The number of ketones is 1. The Morgan fingerprint density at radius 3 is 2.48 bits per heavy atom. The smallest absolute Gasteiger partial charge is 0.254 e. The highest BCUT2D eigenvalue weighted by Gasteiger charge is 2.28. The van der Waals surface area contributed by atoms with Crippen LogP contribution < -0.4 is 5.32 Å². The summed E-state index contributed by atoms with van der Waals surface area (Å²) in [5, 5.41) is 11.9. The Hall–Kier alpha value is -2.82. The molecule has 8 nitrogen and oxygen atoms in total. The average molecular weight is 422 g/mol. The number of hydrogen-bond donors (Lipinski definition) is 2. The van der Waals surface area contributed by atoms with Gasteiger partial charge in [-0.05, 0) is 30.3 Å². The zero-order valence-electron chi connectivity index (χ0n) is 15.3. The molecule has 1 saturated heterocycles. The topological polar surface area (TPSA) is 113 Å². The van der Waals surface area contributed by atoms with E-state index in [2.05, 4.69) is 5.32 Å². The summed E-state index contributed by atoms with van der Waals surface area (Å²) >= 11 is 0. The molecule has 0 aliphatic carbocycles. The highest BCUT2D eigenvalue weighted by molar-refractivity contribution is 7.89. The Labute approximate surface area is 167 Å². The maximum absolute atomic E-state index is 14.1. The molecule has 0 bridgehead atoms. The van der Waals surface area contributed by atoms with Crippen LogP contribution >= 0.6 is 0 Å². The number of benzene rings is 2. The minimum atomic E-state index is -3.91. The fraction of sp³-hybridized carbons (Fsp3) is 0.263. The molecule has 2 N–H and O–H groups in total. The van der Waals surface area contributed by atoms with Crippen LogP contribution in [0.5, 0.6) is 5.75 Å². The zero-order chi connectivity index (χ0) is 21.0. The van der Waals surface area contributed by atoms with Crippen LogP contribution in [-0.4, -0.2) is 62.4 Å². The average Bonchev–Trinajstić information content (AvgIpc) is 2.73. The lowest BCUT2D eigenvalue weighted by molar-refractivity contribution is 0.0730. The number of halogens is 1. The Morgan fingerprint density at radius 2 is 1.79 bits per heavy atom. The van der Waals surface area contributed by atoms with E-state index in [4.69, 9.17) is 4.74 Å². The number of Topliss-reactive ketones (excluding diaryl/α,β-unsaturated/α-hetero) is 1. The Bertz CT molecular complexity index is 1030. The molecule has 3 rings (SSSR count). The van der Waals surface area contributed by atoms with Crippen molar-refractivity contribution in [2.45, 2.75) is 4.90 Å². The van der Waals surface area contributed by atoms with E-state index >= 15 is 0 Å². The fourth-order valence-electron chi connectivity index (χ4n) is 2.84. The summed E-state index contributed by atoms with van der Waals surface area (Å²) in [6.45, 7) is 0.341. The lowest BCUT2D eigenvalue weighted by atomic mass is 10.1. The van der Waals surface area contributed by atoms with Crippen molar-refractivity contribution in [3.05, 3.63) is 59.4 Å². The van der Waals surface area contributed by atoms with Gasteiger partial charge in [0.15, 0.2) is 5.78 Å². The quantitative estimate of drug-likeness (QED) is 0.676. The number of phenolic OH excluding ortho intramolecular Hbond substituents is 1. The van der Waals surface area contributed by atoms with Crippen LogP contribution in [0.2, 0.25) is 0 Å². The third-order valence-electron chi connectivity index (χ3n) is 4.40. The van der Waals surface area contributed by atoms with E-state index in [1.54, 1.807) is 12.1 Å². The number of sulfonamides is 1. The summed E-state index contributed by atoms with van der Waals surface area (Å²) in [5.41, 5.74) is -0.485. The Balaban J connectivity index is 1.76. The van der Waals surface area contributed by atoms with Crippen molar-refractivity contribution in [2.24, 2.45) is 0 Å². The third-order valence-corrected chi connectivity index (χ3v) is 6.30. The maximum Gasteiger partial charge on any atom is 0.254 e. The van der Waals surface area contributed by atoms with Crippen molar-refractivity contribution >= 4 is 21.7 Å². The van der Waals surface area contributed by atoms with Crippen LogP contribution in [0.4, 0.5) is 4.39 Å². The molecule has 1 heterocycles. The van der Waals surface area contributed by atoms with Gasteiger partial charge in [-0.15, -0.1) is 0 Å². The first kappa shape index (κ1) is 20.9. The number of carbonyl (C=O) groups is 2. The summed E-state index contributed by atoms with van der Waals surface area (Å²) in [4.78, 5) is 24.3. The van der Waals surface area contributed by atoms with Gasteiger partial charge in [-0.2, -0.15) is 4.31 Å². The van der Waals surface area contributed by atoms with E-state index in [9.17, 15) is 27.5 Å². The Kier molecular flexibility index (Phi) is 6.26. The minimum absolute atomic E-state index is 0.0110. The van der Waals surface area contributed by atoms with E-state index < -0.39 is 39.6 Å². The van der Waals surface area contributed by atoms with Crippen LogP contribution in [0, 0.1) is 5.82 Å². The van der Waals surface area contributed by atoms with Crippen molar-refractivity contribution in [3.8, 4) is 5.75 Å². The molecule has 1 fully saturated rings. The fourth-order valence-corrected chi connectivity index (χ4v) is 4.27. The van der Waals surface area contributed by atoms with Gasteiger partial charge >= 0.3 is 0 Å². The summed E-state index contributed by atoms with van der Waals surface area (Å²) in [5.74, 6) is -2.67. The van der Waals surface area contributed by atoms with Crippen LogP contribution in [0.1, 0.15) is 20.7 Å². The molecule has 1 aliphatic rings. The first-order valence-corrected chi connectivity index (χ1v) is 10.2. The monoisotopic (exact) mass is 422 g/mol. The number of phenols is 1. The molecular formula is C19H19FN2O6S. The van der Waals surface area contributed by atoms with Gasteiger partial charge in [0.25, 0.3) is 5.91 Å². The summed E-state index contributed by atoms with van der Waals surface area (Å²) < 4.78 is 45.9. The molecule has 0 atom stereocenters. The predicted octanol–water partition coefficient (Wildman–Crippen LogP) is 1.16. The largest absolute Gasteiger partial charge is 0.507 e. The molecule has 2 aromatic rings. The summed E-state index contributed by atoms with van der Waals surface area (Å²) in [6.07, 6.45) is 0. The predicted molar refractivity (Wildman–Crippen MR) is 101 cm³/mol. The van der Waals surface area contributed by atoms with Gasteiger partial charge < -0.3 is 15.2 Å². The lowest BCUT2D eigenvalue weighted by Crippen LogP contribution is -2.40. The minimum Gasteiger partial charge on any atom is -0.507 e. The first-order valence-electron chi connectivity index (χ1n) is 8.77. The molecule has 0 spiro atoms. The zero-order valence-corrected chi connectivity index (χ0v) is 16.1. The van der Waals surface area contributed by atoms with E-state index in [0.717, 1.165) is 18.2 Å². The van der Waals surface area contributed by atoms with Gasteiger partial charge in [-0.3, -0.25) is 9.59 Å². The molecule has 10 heteroatoms. The molecule has 1 amide bonds. The summed E-state index contributed by atoms with van der Waals surface area (Å²) in [7, 11) is -3.91. The summed E-state index contributed by atoms with van der Waals surface area (Å²) in [6, 6.07) is 8.74. The van der Waals surface area contributed by atoms with Crippen molar-refractivity contribution in [2.75, 3.05) is 32.8 Å². The van der Waals surface area contributed by atoms with E-state index in [0.29, 0.717) is 0 Å². The molecule has 0 aromatic heterocycles. The highest BCUT2D eigenvalue weighted by atomic mass is 32.2. The number of rotatable bonds is 6. The number of nitrogens with zero attached hydrogens (tertiary/aromatic N) is 1. The number of hydrogen-bond acceptors (Lipinski definition) is 6. The molecule has 0 radical (unpaired) electrons. The number of carbonyl (C=O) groups excluding carboxylic acids is 2. The molecule has 2 aromatic carbocycles. The van der Waals surface area contributed by atoms with E-state index in [-0.39, 0.29) is 42.5 Å². The standard InChI is InChI=1S/C19H19FN2O6S/c20-16-6-5-13(29(26,27)22-7-9-28-10-8-22)11-15(16)19(25)21-12-18(24)14-3-1-2-4-17(14)23/h1-6,11,23H,7-10,12H2,(H,21,25). The molecule has 154 valence electrons. The van der Waals surface area contributed by atoms with Crippen LogP contribution in [0.25, 0.3) is 0 Å². The van der Waals surface area contributed by atoms with Crippen LogP contribution in [0.15, 0.2) is 47.4 Å². The molecule has 29 heavy (non-hydrogen) atoms. The van der Waals surface area contributed by atoms with E-state index in [1.165, 1.54) is 16.4 Å². The number of ether oxygens (including phenoxy) is 1. The van der Waals surface area contributed by atoms with Crippen LogP contribution in [-0.2, 0) is 14.8 Å². The molecular weight excluding hydrogens is 403 g/mol. The maximum atomic E-state index is 14.1. The third kappa shape index (κ3) is 4.61. The second-order valence-corrected chi connectivity index (χ2v) is 8.22. The lowest BCUT2D eigenvalue weighted by Gasteiger charge is -2.26. The van der Waals surface area contributed by atoms with E-state index in [1.807, 2.05) is 0 Å².